The molecule has 0 spiro atoms. The van der Waals surface area contributed by atoms with Gasteiger partial charge in [-0.05, 0) is 30.3 Å². The number of hydrogen-bond donors (Lipinski definition) is 1. The Kier molecular flexibility index (Phi) is 3.36. The van der Waals surface area contributed by atoms with E-state index in [1.807, 2.05) is 0 Å². The Labute approximate surface area is 121 Å². The lowest BCUT2D eigenvalue weighted by atomic mass is 10.2. The van der Waals surface area contributed by atoms with Gasteiger partial charge < -0.3 is 5.32 Å². The van der Waals surface area contributed by atoms with E-state index in [-0.39, 0.29) is 16.9 Å². The van der Waals surface area contributed by atoms with Gasteiger partial charge in [-0.15, -0.1) is 0 Å². The van der Waals surface area contributed by atoms with Crippen LogP contribution in [0.2, 0.25) is 0 Å². The van der Waals surface area contributed by atoms with E-state index in [0.717, 1.165) is 12.1 Å². The minimum Gasteiger partial charge on any atom is -0.309 e. The van der Waals surface area contributed by atoms with E-state index in [9.17, 15) is 17.6 Å². The fourth-order valence-corrected chi connectivity index (χ4v) is 1.92. The van der Waals surface area contributed by atoms with Crippen LogP contribution in [0.5, 0.6) is 0 Å². The molecule has 3 rings (SSSR count). The van der Waals surface area contributed by atoms with Crippen molar-refractivity contribution < 1.29 is 17.6 Å². The summed E-state index contributed by atoms with van der Waals surface area (Å²) in [6.45, 7) is 0. The largest absolute Gasteiger partial charge is 0.434 e. The lowest BCUT2D eigenvalue weighted by Crippen LogP contribution is -2.12. The predicted octanol–water partition coefficient (Wildman–Crippen LogP) is 3.93. The number of rotatable bonds is 2. The van der Waals surface area contributed by atoms with Crippen LogP contribution in [0.15, 0.2) is 42.6 Å². The van der Waals surface area contributed by atoms with Gasteiger partial charge in [-0.3, -0.25) is 0 Å². The van der Waals surface area contributed by atoms with Crippen LogP contribution in [0.25, 0.3) is 10.9 Å². The molecule has 0 aliphatic heterocycles. The molecule has 4 nitrogen and oxygen atoms in total. The summed E-state index contributed by atoms with van der Waals surface area (Å²) in [4.78, 5) is 11.3. The third kappa shape index (κ3) is 2.80. The van der Waals surface area contributed by atoms with Crippen molar-refractivity contribution in [1.29, 1.82) is 0 Å². The third-order valence-electron chi connectivity index (χ3n) is 2.83. The lowest BCUT2D eigenvalue weighted by molar-refractivity contribution is -0.139. The van der Waals surface area contributed by atoms with Gasteiger partial charge in [0.1, 0.15) is 11.6 Å². The average Bonchev–Trinajstić information content (AvgIpc) is 2.47. The number of halogens is 4. The summed E-state index contributed by atoms with van der Waals surface area (Å²) in [7, 11) is 0. The maximum atomic E-state index is 13.2. The number of aromatic nitrogens is 3. The van der Waals surface area contributed by atoms with Crippen LogP contribution in [0, 0.1) is 5.82 Å². The Hall–Kier alpha value is -2.77. The van der Waals surface area contributed by atoms with Crippen LogP contribution < -0.4 is 5.32 Å². The van der Waals surface area contributed by atoms with Gasteiger partial charge in [-0.1, -0.05) is 6.07 Å². The van der Waals surface area contributed by atoms with E-state index in [0.29, 0.717) is 5.82 Å². The fourth-order valence-electron chi connectivity index (χ4n) is 1.92. The molecule has 112 valence electrons. The smallest absolute Gasteiger partial charge is 0.309 e. The number of hydrogen-bond acceptors (Lipinski definition) is 4. The van der Waals surface area contributed by atoms with E-state index in [2.05, 4.69) is 20.3 Å². The zero-order chi connectivity index (χ0) is 15.7. The maximum absolute atomic E-state index is 13.2. The molecule has 0 amide bonds. The normalized spacial score (nSPS) is 11.6. The van der Waals surface area contributed by atoms with Gasteiger partial charge in [0.05, 0.1) is 5.52 Å². The second-order valence-corrected chi connectivity index (χ2v) is 4.40. The molecule has 8 heteroatoms. The molecule has 2 aromatic heterocycles. The number of fused-ring (bicyclic) bond motifs is 1. The van der Waals surface area contributed by atoms with Crippen molar-refractivity contribution in [3.8, 4) is 0 Å². The van der Waals surface area contributed by atoms with Crippen LogP contribution in [-0.2, 0) is 6.18 Å². The van der Waals surface area contributed by atoms with E-state index in [1.54, 1.807) is 18.2 Å². The van der Waals surface area contributed by atoms with Crippen LogP contribution >= 0.6 is 0 Å². The van der Waals surface area contributed by atoms with Crippen LogP contribution in [0.1, 0.15) is 5.69 Å². The van der Waals surface area contributed by atoms with Crippen molar-refractivity contribution in [2.75, 3.05) is 5.32 Å². The topological polar surface area (TPSA) is 50.7 Å². The minimum absolute atomic E-state index is 0.0119. The highest BCUT2D eigenvalue weighted by molar-refractivity contribution is 5.82. The first-order chi connectivity index (χ1) is 10.4. The number of benzene rings is 1. The van der Waals surface area contributed by atoms with Gasteiger partial charge >= 0.3 is 6.18 Å². The first-order valence-electron chi connectivity index (χ1n) is 6.16. The van der Waals surface area contributed by atoms with E-state index < -0.39 is 17.7 Å². The van der Waals surface area contributed by atoms with E-state index in [4.69, 9.17) is 0 Å². The minimum atomic E-state index is -4.73. The van der Waals surface area contributed by atoms with Gasteiger partial charge in [0.25, 0.3) is 0 Å². The Balaban J connectivity index is 2.15. The highest BCUT2D eigenvalue weighted by Gasteiger charge is 2.35. The van der Waals surface area contributed by atoms with Crippen LogP contribution in [-0.4, -0.2) is 15.0 Å². The second kappa shape index (κ2) is 5.21. The molecule has 1 N–H and O–H groups in total. The number of alkyl halides is 3. The molecule has 0 unspecified atom stereocenters. The van der Waals surface area contributed by atoms with Crippen molar-refractivity contribution in [2.45, 2.75) is 6.18 Å². The summed E-state index contributed by atoms with van der Waals surface area (Å²) in [5, 5.41) is 2.21. The van der Waals surface area contributed by atoms with Gasteiger partial charge in [0.15, 0.2) is 5.69 Å². The molecular weight excluding hydrogens is 300 g/mol. The van der Waals surface area contributed by atoms with Crippen molar-refractivity contribution in [3.05, 3.63) is 54.1 Å². The molecule has 0 aliphatic carbocycles. The molecule has 0 aliphatic rings. The molecule has 0 saturated carbocycles. The Bertz CT molecular complexity index is 818. The number of pyridine rings is 1. The third-order valence-corrected chi connectivity index (χ3v) is 2.83. The zero-order valence-corrected chi connectivity index (χ0v) is 10.9. The van der Waals surface area contributed by atoms with Gasteiger partial charge in [0, 0.05) is 11.6 Å². The van der Waals surface area contributed by atoms with Crippen molar-refractivity contribution in [2.24, 2.45) is 0 Å². The molecule has 3 aromatic rings. The first-order valence-corrected chi connectivity index (χ1v) is 6.16. The molecular formula is C14H8F4N4. The molecule has 1 aromatic carbocycles. The first kappa shape index (κ1) is 14.2. The predicted molar refractivity (Wildman–Crippen MR) is 72.0 cm³/mol. The molecule has 0 bridgehead atoms. The van der Waals surface area contributed by atoms with Crippen LogP contribution in [0.4, 0.5) is 29.3 Å². The maximum Gasteiger partial charge on any atom is 0.434 e. The molecule has 0 atom stereocenters. The molecule has 0 saturated heterocycles. The summed E-state index contributed by atoms with van der Waals surface area (Å²) in [5.41, 5.74) is -1.21. The van der Waals surface area contributed by atoms with Crippen molar-refractivity contribution >= 4 is 22.7 Å². The number of nitrogens with zero attached hydrogens (tertiary/aromatic N) is 3. The van der Waals surface area contributed by atoms with Crippen molar-refractivity contribution in [3.63, 3.8) is 0 Å². The highest BCUT2D eigenvalue weighted by Crippen LogP contribution is 2.34. The van der Waals surface area contributed by atoms with E-state index in [1.165, 1.54) is 12.3 Å². The average molecular weight is 308 g/mol. The second-order valence-electron chi connectivity index (χ2n) is 4.40. The fraction of sp³-hybridized carbons (Fsp3) is 0.0714. The van der Waals surface area contributed by atoms with Crippen LogP contribution in [0.3, 0.4) is 0 Å². The SMILES string of the molecule is Fc1ccc2nc(Nc3ccccn3)nc(C(F)(F)F)c2c1. The Morgan fingerprint density at radius 1 is 1.00 bits per heavy atom. The summed E-state index contributed by atoms with van der Waals surface area (Å²) in [6.07, 6.45) is -3.25. The van der Waals surface area contributed by atoms with Gasteiger partial charge in [0.2, 0.25) is 5.95 Å². The van der Waals surface area contributed by atoms with E-state index >= 15 is 0 Å². The Morgan fingerprint density at radius 2 is 1.82 bits per heavy atom. The standard InChI is InChI=1S/C14H8F4N4/c15-8-4-5-10-9(7-8)12(14(16,17)18)22-13(20-10)21-11-3-1-2-6-19-11/h1-7H,(H,19,20,21,22). The van der Waals surface area contributed by atoms with Gasteiger partial charge in [-0.25, -0.2) is 19.3 Å². The Morgan fingerprint density at radius 3 is 2.50 bits per heavy atom. The molecule has 2 heterocycles. The molecule has 22 heavy (non-hydrogen) atoms. The zero-order valence-electron chi connectivity index (χ0n) is 10.9. The summed E-state index contributed by atoms with van der Waals surface area (Å²) < 4.78 is 52.5. The summed E-state index contributed by atoms with van der Waals surface area (Å²) in [5.74, 6) is -0.741. The summed E-state index contributed by atoms with van der Waals surface area (Å²) >= 11 is 0. The lowest BCUT2D eigenvalue weighted by Gasteiger charge is -2.12. The highest BCUT2D eigenvalue weighted by atomic mass is 19.4. The number of anilines is 2. The van der Waals surface area contributed by atoms with Gasteiger partial charge in [-0.2, -0.15) is 13.2 Å². The summed E-state index contributed by atoms with van der Waals surface area (Å²) in [6, 6.07) is 7.87. The molecule has 0 fully saturated rings. The quantitative estimate of drug-likeness (QED) is 0.729. The number of nitrogens with one attached hydrogen (secondary N) is 1. The monoisotopic (exact) mass is 308 g/mol. The van der Waals surface area contributed by atoms with Crippen molar-refractivity contribution in [1.82, 2.24) is 15.0 Å². The molecule has 0 radical (unpaired) electrons.